The number of rotatable bonds is 6. The number of nitrogens with zero attached hydrogens (tertiary/aromatic N) is 2. The monoisotopic (exact) mass is 247 g/mol. The van der Waals surface area contributed by atoms with Gasteiger partial charge in [0.15, 0.2) is 0 Å². The van der Waals surface area contributed by atoms with Crippen LogP contribution in [0.2, 0.25) is 0 Å². The highest BCUT2D eigenvalue weighted by atomic mass is 16.3. The highest BCUT2D eigenvalue weighted by Crippen LogP contribution is 2.11. The smallest absolute Gasteiger partial charge is 0.125 e. The van der Waals surface area contributed by atoms with Gasteiger partial charge in [0, 0.05) is 17.8 Å². The average molecular weight is 247 g/mol. The van der Waals surface area contributed by atoms with Crippen molar-refractivity contribution >= 4 is 0 Å². The van der Waals surface area contributed by atoms with Crippen molar-refractivity contribution in [1.82, 2.24) is 15.1 Å². The molecule has 0 atom stereocenters. The Morgan fingerprint density at radius 2 is 2.17 bits per heavy atom. The lowest BCUT2D eigenvalue weighted by Crippen LogP contribution is -2.13. The number of hydrogen-bond acceptors (Lipinski definition) is 3. The van der Waals surface area contributed by atoms with E-state index in [4.69, 9.17) is 4.42 Å². The molecule has 0 radical (unpaired) electrons. The molecule has 0 fully saturated rings. The second-order valence-electron chi connectivity index (χ2n) is 4.68. The van der Waals surface area contributed by atoms with Crippen molar-refractivity contribution in [3.8, 4) is 0 Å². The standard InChI is InChI=1S/C14H21N3O/c1-4-5-15-8-13-7-14(18-10-13)9-17-12(3)6-11(2)16-17/h6-7,10,15H,4-5,8-9H2,1-3H3. The Bertz CT molecular complexity index is 499. The van der Waals surface area contributed by atoms with Crippen molar-refractivity contribution < 1.29 is 4.42 Å². The Morgan fingerprint density at radius 1 is 1.33 bits per heavy atom. The number of nitrogens with one attached hydrogen (secondary N) is 1. The summed E-state index contributed by atoms with van der Waals surface area (Å²) in [6.45, 7) is 8.84. The molecule has 0 aliphatic carbocycles. The van der Waals surface area contributed by atoms with Crippen LogP contribution >= 0.6 is 0 Å². The van der Waals surface area contributed by atoms with Crippen molar-refractivity contribution in [2.45, 2.75) is 40.3 Å². The quantitative estimate of drug-likeness (QED) is 0.798. The van der Waals surface area contributed by atoms with Crippen molar-refractivity contribution in [3.63, 3.8) is 0 Å². The Labute approximate surface area is 108 Å². The summed E-state index contributed by atoms with van der Waals surface area (Å²) in [5.41, 5.74) is 3.40. The molecule has 1 N–H and O–H groups in total. The summed E-state index contributed by atoms with van der Waals surface area (Å²) >= 11 is 0. The molecule has 0 aromatic carbocycles. The first kappa shape index (κ1) is 12.9. The lowest BCUT2D eigenvalue weighted by atomic mass is 10.3. The number of hydrogen-bond donors (Lipinski definition) is 1. The van der Waals surface area contributed by atoms with Gasteiger partial charge in [-0.05, 0) is 38.9 Å². The Kier molecular flexibility index (Phi) is 4.20. The minimum absolute atomic E-state index is 0.702. The zero-order chi connectivity index (χ0) is 13.0. The molecule has 0 saturated heterocycles. The first-order valence-electron chi connectivity index (χ1n) is 6.47. The molecular formula is C14H21N3O. The van der Waals surface area contributed by atoms with Crippen LogP contribution < -0.4 is 5.32 Å². The predicted molar refractivity (Wildman–Crippen MR) is 71.5 cm³/mol. The van der Waals surface area contributed by atoms with Crippen LogP contribution in [0.4, 0.5) is 0 Å². The second-order valence-corrected chi connectivity index (χ2v) is 4.68. The van der Waals surface area contributed by atoms with Crippen LogP contribution in [0.5, 0.6) is 0 Å². The van der Waals surface area contributed by atoms with E-state index in [9.17, 15) is 0 Å². The molecule has 0 aliphatic rings. The van der Waals surface area contributed by atoms with Gasteiger partial charge in [0.2, 0.25) is 0 Å². The van der Waals surface area contributed by atoms with E-state index in [1.807, 2.05) is 17.9 Å². The van der Waals surface area contributed by atoms with Gasteiger partial charge in [-0.2, -0.15) is 5.10 Å². The van der Waals surface area contributed by atoms with E-state index in [0.29, 0.717) is 6.54 Å². The van der Waals surface area contributed by atoms with Crippen LogP contribution in [0.3, 0.4) is 0 Å². The maximum atomic E-state index is 5.56. The third kappa shape index (κ3) is 3.23. The minimum Gasteiger partial charge on any atom is -0.467 e. The highest BCUT2D eigenvalue weighted by molar-refractivity contribution is 5.14. The SMILES string of the molecule is CCCNCc1coc(Cn2nc(C)cc2C)c1. The largest absolute Gasteiger partial charge is 0.467 e. The molecule has 4 heteroatoms. The fourth-order valence-corrected chi connectivity index (χ4v) is 1.99. The van der Waals surface area contributed by atoms with E-state index in [1.54, 1.807) is 0 Å². The summed E-state index contributed by atoms with van der Waals surface area (Å²) in [5.74, 6) is 0.953. The Morgan fingerprint density at radius 3 is 2.83 bits per heavy atom. The molecule has 4 nitrogen and oxygen atoms in total. The van der Waals surface area contributed by atoms with Crippen LogP contribution in [0.25, 0.3) is 0 Å². The van der Waals surface area contributed by atoms with Crippen molar-refractivity contribution in [2.75, 3.05) is 6.54 Å². The normalized spacial score (nSPS) is 11.1. The van der Waals surface area contributed by atoms with Gasteiger partial charge in [0.1, 0.15) is 5.76 Å². The predicted octanol–water partition coefficient (Wildman–Crippen LogP) is 2.64. The van der Waals surface area contributed by atoms with Crippen LogP contribution in [0, 0.1) is 13.8 Å². The minimum atomic E-state index is 0.702. The first-order chi connectivity index (χ1) is 8.69. The summed E-state index contributed by atoms with van der Waals surface area (Å²) in [6, 6.07) is 4.17. The summed E-state index contributed by atoms with van der Waals surface area (Å²) in [6.07, 6.45) is 2.97. The third-order valence-electron chi connectivity index (χ3n) is 2.87. The number of aromatic nitrogens is 2. The fraction of sp³-hybridized carbons (Fsp3) is 0.500. The van der Waals surface area contributed by atoms with Gasteiger partial charge in [-0.1, -0.05) is 6.92 Å². The molecule has 0 amide bonds. The van der Waals surface area contributed by atoms with Crippen LogP contribution in [0.15, 0.2) is 22.8 Å². The maximum Gasteiger partial charge on any atom is 0.125 e. The van der Waals surface area contributed by atoms with Crippen molar-refractivity contribution in [2.24, 2.45) is 0 Å². The fourth-order valence-electron chi connectivity index (χ4n) is 1.99. The number of aryl methyl sites for hydroxylation is 2. The summed E-state index contributed by atoms with van der Waals surface area (Å²) in [4.78, 5) is 0. The highest BCUT2D eigenvalue weighted by Gasteiger charge is 2.06. The van der Waals surface area contributed by atoms with Crippen LogP contribution in [-0.2, 0) is 13.1 Å². The molecule has 0 aliphatic heterocycles. The molecule has 18 heavy (non-hydrogen) atoms. The van der Waals surface area contributed by atoms with E-state index >= 15 is 0 Å². The molecule has 2 rings (SSSR count). The Hall–Kier alpha value is -1.55. The van der Waals surface area contributed by atoms with Crippen LogP contribution in [0.1, 0.15) is 36.1 Å². The lowest BCUT2D eigenvalue weighted by molar-refractivity contribution is 0.474. The topological polar surface area (TPSA) is 43.0 Å². The molecule has 98 valence electrons. The zero-order valence-corrected chi connectivity index (χ0v) is 11.4. The lowest BCUT2D eigenvalue weighted by Gasteiger charge is -2.00. The van der Waals surface area contributed by atoms with Crippen LogP contribution in [-0.4, -0.2) is 16.3 Å². The summed E-state index contributed by atoms with van der Waals surface area (Å²) < 4.78 is 7.53. The van der Waals surface area contributed by atoms with E-state index in [-0.39, 0.29) is 0 Å². The van der Waals surface area contributed by atoms with Crippen molar-refractivity contribution in [3.05, 3.63) is 41.1 Å². The molecule has 2 heterocycles. The summed E-state index contributed by atoms with van der Waals surface area (Å²) in [7, 11) is 0. The zero-order valence-electron chi connectivity index (χ0n) is 11.4. The van der Waals surface area contributed by atoms with Gasteiger partial charge < -0.3 is 9.73 Å². The van der Waals surface area contributed by atoms with E-state index in [1.165, 1.54) is 5.56 Å². The number of furan rings is 1. The molecule has 2 aromatic rings. The van der Waals surface area contributed by atoms with E-state index in [0.717, 1.165) is 36.7 Å². The third-order valence-corrected chi connectivity index (χ3v) is 2.87. The van der Waals surface area contributed by atoms with E-state index < -0.39 is 0 Å². The molecule has 2 aromatic heterocycles. The Balaban J connectivity index is 1.96. The second kappa shape index (κ2) is 5.87. The van der Waals surface area contributed by atoms with Gasteiger partial charge in [-0.3, -0.25) is 4.68 Å². The molecule has 0 bridgehead atoms. The first-order valence-corrected chi connectivity index (χ1v) is 6.47. The molecule has 0 unspecified atom stereocenters. The van der Waals surface area contributed by atoms with Crippen molar-refractivity contribution in [1.29, 1.82) is 0 Å². The summed E-state index contributed by atoms with van der Waals surface area (Å²) in [5, 5.41) is 7.79. The van der Waals surface area contributed by atoms with E-state index in [2.05, 4.69) is 36.4 Å². The molecular weight excluding hydrogens is 226 g/mol. The van der Waals surface area contributed by atoms with Gasteiger partial charge in [0.05, 0.1) is 18.5 Å². The van der Waals surface area contributed by atoms with Gasteiger partial charge in [-0.15, -0.1) is 0 Å². The van der Waals surface area contributed by atoms with Gasteiger partial charge in [-0.25, -0.2) is 0 Å². The average Bonchev–Trinajstić information content (AvgIpc) is 2.88. The molecule has 0 spiro atoms. The maximum absolute atomic E-state index is 5.56. The van der Waals surface area contributed by atoms with Gasteiger partial charge >= 0.3 is 0 Å². The molecule has 0 saturated carbocycles. The van der Waals surface area contributed by atoms with Gasteiger partial charge in [0.25, 0.3) is 0 Å².